The van der Waals surface area contributed by atoms with E-state index in [0.29, 0.717) is 0 Å². The molecular weight excluding hydrogens is 319 g/mol. The number of ether oxygens (including phenoxy) is 1. The smallest absolute Gasteiger partial charge is 0.475 e. The molecule has 10 nitrogen and oxygen atoms in total. The number of carbonyl (C=O) groups is 1. The molecule has 0 amide bonds. The highest BCUT2D eigenvalue weighted by Crippen LogP contribution is 2.21. The zero-order valence-corrected chi connectivity index (χ0v) is 10.9. The third-order valence-corrected chi connectivity index (χ3v) is 2.41. The maximum Gasteiger partial charge on any atom is 0.490 e. The summed E-state index contributed by atoms with van der Waals surface area (Å²) in [5.41, 5.74) is 10.2. The van der Waals surface area contributed by atoms with E-state index >= 15 is 0 Å². The van der Waals surface area contributed by atoms with Crippen LogP contribution in [0.15, 0.2) is 4.99 Å². The quantitative estimate of drug-likeness (QED) is 0.200. The summed E-state index contributed by atoms with van der Waals surface area (Å²) in [6.45, 7) is -0.524. The minimum atomic E-state index is -5.08. The van der Waals surface area contributed by atoms with Gasteiger partial charge in [-0.2, -0.15) is 13.2 Å². The van der Waals surface area contributed by atoms with E-state index < -0.39 is 49.4 Å². The van der Waals surface area contributed by atoms with Crippen molar-refractivity contribution in [3.05, 3.63) is 0 Å². The maximum atomic E-state index is 10.6. The molecule has 1 heterocycles. The summed E-state index contributed by atoms with van der Waals surface area (Å²) in [4.78, 5) is 12.4. The van der Waals surface area contributed by atoms with Gasteiger partial charge in [0, 0.05) is 0 Å². The Morgan fingerprint density at radius 2 is 1.64 bits per heavy atom. The third-order valence-electron chi connectivity index (χ3n) is 2.41. The van der Waals surface area contributed by atoms with Gasteiger partial charge in [0.2, 0.25) is 0 Å². The Kier molecular flexibility index (Phi) is 7.48. The molecule has 0 saturated carbocycles. The number of nitrogens with two attached hydrogens (primary N) is 2. The standard InChI is InChI=1S/C7H15N3O5.C2HF3O2/c8-7(9)10-3-5(13)4(12)2(1-11)15-6(3)14;3-2(4,5)1(6)7/h2-6,11-14H,1H2,(H4,8,9,10);(H,6,7)/t2-,3-,4-,5-,6-;/m1./s1. The molecular formula is C9H16F3N3O7. The summed E-state index contributed by atoms with van der Waals surface area (Å²) >= 11 is 0. The van der Waals surface area contributed by atoms with Gasteiger partial charge in [0.15, 0.2) is 12.2 Å². The fraction of sp³-hybridized carbons (Fsp3) is 0.778. The van der Waals surface area contributed by atoms with Crippen molar-refractivity contribution in [2.24, 2.45) is 16.5 Å². The van der Waals surface area contributed by atoms with Crippen molar-refractivity contribution in [3.8, 4) is 0 Å². The first kappa shape index (κ1) is 20.3. The van der Waals surface area contributed by atoms with E-state index in [-0.39, 0.29) is 5.96 Å². The van der Waals surface area contributed by atoms with E-state index in [4.69, 9.17) is 31.2 Å². The van der Waals surface area contributed by atoms with Crippen LogP contribution in [-0.4, -0.2) is 80.9 Å². The van der Waals surface area contributed by atoms with Crippen LogP contribution >= 0.6 is 0 Å². The van der Waals surface area contributed by atoms with Gasteiger partial charge >= 0.3 is 12.1 Å². The number of carboxylic acids is 1. The zero-order valence-electron chi connectivity index (χ0n) is 10.9. The number of guanidine groups is 1. The van der Waals surface area contributed by atoms with Crippen molar-refractivity contribution in [3.63, 3.8) is 0 Å². The minimum Gasteiger partial charge on any atom is -0.475 e. The van der Waals surface area contributed by atoms with E-state index in [0.717, 1.165) is 0 Å². The number of aliphatic carboxylic acids is 1. The van der Waals surface area contributed by atoms with Crippen LogP contribution in [0.2, 0.25) is 0 Å². The zero-order chi connectivity index (χ0) is 17.7. The lowest BCUT2D eigenvalue weighted by Gasteiger charge is -2.38. The van der Waals surface area contributed by atoms with Gasteiger partial charge in [-0.3, -0.25) is 0 Å². The first-order valence-electron chi connectivity index (χ1n) is 5.61. The Bertz CT molecular complexity index is 402. The van der Waals surface area contributed by atoms with E-state index in [2.05, 4.69) is 4.99 Å². The van der Waals surface area contributed by atoms with Crippen molar-refractivity contribution in [2.75, 3.05) is 6.61 Å². The normalized spacial score (nSPS) is 31.7. The number of carboxylic acid groups (broad SMARTS) is 1. The highest BCUT2D eigenvalue weighted by Gasteiger charge is 2.43. The molecule has 130 valence electrons. The predicted octanol–water partition coefficient (Wildman–Crippen LogP) is -3.31. The van der Waals surface area contributed by atoms with E-state index in [1.807, 2.05) is 0 Å². The number of hydrogen-bond acceptors (Lipinski definition) is 7. The van der Waals surface area contributed by atoms with Crippen LogP contribution in [0.1, 0.15) is 0 Å². The van der Waals surface area contributed by atoms with E-state index in [9.17, 15) is 28.5 Å². The summed E-state index contributed by atoms with van der Waals surface area (Å²) in [5, 5.41) is 44.3. The van der Waals surface area contributed by atoms with Crippen LogP contribution in [0.3, 0.4) is 0 Å². The molecule has 0 spiro atoms. The average Bonchev–Trinajstić information content (AvgIpc) is 2.38. The van der Waals surface area contributed by atoms with Gasteiger partial charge in [-0.25, -0.2) is 9.79 Å². The number of aliphatic hydroxyl groups is 4. The molecule has 0 bridgehead atoms. The fourth-order valence-electron chi connectivity index (χ4n) is 1.39. The van der Waals surface area contributed by atoms with Gasteiger partial charge in [-0.15, -0.1) is 0 Å². The SMILES string of the molecule is NC(N)=N[C@@H]1[C@@H](O)[C@H](O)[C@@H](CO)O[C@H]1O.O=C(O)C(F)(F)F. The minimum absolute atomic E-state index is 0.337. The van der Waals surface area contributed by atoms with Crippen LogP contribution in [0.5, 0.6) is 0 Å². The number of alkyl halides is 3. The molecule has 1 aliphatic rings. The molecule has 0 aliphatic carbocycles. The van der Waals surface area contributed by atoms with Crippen LogP contribution in [0.25, 0.3) is 0 Å². The molecule has 9 N–H and O–H groups in total. The summed E-state index contributed by atoms with van der Waals surface area (Å²) in [6, 6.07) is -1.16. The van der Waals surface area contributed by atoms with Gasteiger partial charge in [0.1, 0.15) is 24.4 Å². The van der Waals surface area contributed by atoms with Crippen molar-refractivity contribution >= 4 is 11.9 Å². The molecule has 22 heavy (non-hydrogen) atoms. The first-order valence-corrected chi connectivity index (χ1v) is 5.61. The fourth-order valence-corrected chi connectivity index (χ4v) is 1.39. The van der Waals surface area contributed by atoms with Crippen molar-refractivity contribution in [1.82, 2.24) is 0 Å². The molecule has 1 saturated heterocycles. The lowest BCUT2D eigenvalue weighted by Crippen LogP contribution is -2.58. The number of halogens is 3. The Morgan fingerprint density at radius 1 is 1.18 bits per heavy atom. The number of aliphatic hydroxyl groups excluding tert-OH is 4. The second-order valence-corrected chi connectivity index (χ2v) is 4.08. The molecule has 0 aromatic rings. The topological polar surface area (TPSA) is 192 Å². The van der Waals surface area contributed by atoms with Gasteiger partial charge < -0.3 is 41.7 Å². The number of aliphatic imine (C=N–C) groups is 1. The monoisotopic (exact) mass is 335 g/mol. The Hall–Kier alpha value is -1.67. The molecule has 0 aromatic heterocycles. The molecule has 1 aliphatic heterocycles. The Labute approximate surface area is 121 Å². The maximum absolute atomic E-state index is 10.6. The van der Waals surface area contributed by atoms with Crippen molar-refractivity contribution < 1.29 is 48.2 Å². The Morgan fingerprint density at radius 3 is 1.95 bits per heavy atom. The first-order chi connectivity index (χ1) is 9.91. The molecule has 0 unspecified atom stereocenters. The van der Waals surface area contributed by atoms with Crippen LogP contribution in [-0.2, 0) is 9.53 Å². The van der Waals surface area contributed by atoms with E-state index in [1.165, 1.54) is 0 Å². The van der Waals surface area contributed by atoms with Gasteiger partial charge in [0.25, 0.3) is 0 Å². The molecule has 13 heteroatoms. The number of nitrogens with zero attached hydrogens (tertiary/aromatic N) is 1. The second kappa shape index (κ2) is 8.09. The van der Waals surface area contributed by atoms with Crippen LogP contribution in [0.4, 0.5) is 13.2 Å². The highest BCUT2D eigenvalue weighted by atomic mass is 19.4. The summed E-state index contributed by atoms with van der Waals surface area (Å²) < 4.78 is 36.5. The lowest BCUT2D eigenvalue weighted by atomic mass is 9.98. The molecule has 5 atom stereocenters. The summed E-state index contributed by atoms with van der Waals surface area (Å²) in [5.74, 6) is -3.09. The molecule has 0 aromatic carbocycles. The van der Waals surface area contributed by atoms with Gasteiger partial charge in [-0.1, -0.05) is 0 Å². The van der Waals surface area contributed by atoms with Gasteiger partial charge in [-0.05, 0) is 0 Å². The molecule has 1 fully saturated rings. The lowest BCUT2D eigenvalue weighted by molar-refractivity contribution is -0.248. The average molecular weight is 335 g/mol. The Balaban J connectivity index is 0.000000534. The summed E-state index contributed by atoms with van der Waals surface area (Å²) in [7, 11) is 0. The van der Waals surface area contributed by atoms with Crippen molar-refractivity contribution in [2.45, 2.75) is 36.8 Å². The molecule has 0 radical (unpaired) electrons. The van der Waals surface area contributed by atoms with E-state index in [1.54, 1.807) is 0 Å². The van der Waals surface area contributed by atoms with Crippen LogP contribution in [0, 0.1) is 0 Å². The molecule has 1 rings (SSSR count). The largest absolute Gasteiger partial charge is 0.490 e. The number of rotatable bonds is 2. The van der Waals surface area contributed by atoms with Crippen LogP contribution < -0.4 is 11.5 Å². The predicted molar refractivity (Wildman–Crippen MR) is 63.3 cm³/mol. The highest BCUT2D eigenvalue weighted by molar-refractivity contribution is 5.76. The van der Waals surface area contributed by atoms with Crippen molar-refractivity contribution in [1.29, 1.82) is 0 Å². The number of hydrogen-bond donors (Lipinski definition) is 7. The van der Waals surface area contributed by atoms with Gasteiger partial charge in [0.05, 0.1) is 6.61 Å². The third kappa shape index (κ3) is 5.98. The summed E-state index contributed by atoms with van der Waals surface area (Å²) in [6.07, 6.45) is -10.4. The second-order valence-electron chi connectivity index (χ2n) is 4.08.